The largest absolute Gasteiger partial charge is 0.494 e. The van der Waals surface area contributed by atoms with Crippen LogP contribution in [0.4, 0.5) is 5.69 Å². The zero-order valence-electron chi connectivity index (χ0n) is 18.1. The van der Waals surface area contributed by atoms with Crippen LogP contribution >= 0.6 is 0 Å². The van der Waals surface area contributed by atoms with E-state index in [2.05, 4.69) is 17.4 Å². The Morgan fingerprint density at radius 3 is 2.35 bits per heavy atom. The molecule has 31 heavy (non-hydrogen) atoms. The van der Waals surface area contributed by atoms with Crippen molar-refractivity contribution >= 4 is 11.6 Å². The van der Waals surface area contributed by atoms with Crippen LogP contribution in [0.25, 0.3) is 0 Å². The van der Waals surface area contributed by atoms with Gasteiger partial charge in [-0.3, -0.25) is 4.79 Å². The monoisotopic (exact) mass is 419 g/mol. The van der Waals surface area contributed by atoms with Crippen molar-refractivity contribution in [2.24, 2.45) is 0 Å². The molecule has 0 radical (unpaired) electrons. The molecule has 1 amide bonds. The maximum absolute atomic E-state index is 12.8. The van der Waals surface area contributed by atoms with Gasteiger partial charge < -0.3 is 19.5 Å². The molecule has 0 aliphatic carbocycles. The van der Waals surface area contributed by atoms with Crippen LogP contribution in [-0.2, 0) is 6.42 Å². The highest BCUT2D eigenvalue weighted by molar-refractivity contribution is 6.06. The molecule has 0 atom stereocenters. The lowest BCUT2D eigenvalue weighted by Crippen LogP contribution is -2.14. The maximum Gasteiger partial charge on any atom is 0.259 e. The summed E-state index contributed by atoms with van der Waals surface area (Å²) in [5, 5.41) is 2.93. The number of amides is 1. The topological polar surface area (TPSA) is 56.8 Å². The number of anilines is 1. The van der Waals surface area contributed by atoms with Gasteiger partial charge in [-0.25, -0.2) is 0 Å². The van der Waals surface area contributed by atoms with Gasteiger partial charge in [-0.15, -0.1) is 0 Å². The summed E-state index contributed by atoms with van der Waals surface area (Å²) in [7, 11) is 0. The second-order valence-electron chi connectivity index (χ2n) is 6.94. The summed E-state index contributed by atoms with van der Waals surface area (Å²) in [6, 6.07) is 23.0. The summed E-state index contributed by atoms with van der Waals surface area (Å²) in [5.74, 6) is 1.66. The summed E-state index contributed by atoms with van der Waals surface area (Å²) in [6.45, 7) is 5.42. The molecule has 162 valence electrons. The first-order chi connectivity index (χ1) is 15.2. The predicted octanol–water partition coefficient (Wildman–Crippen LogP) is 5.75. The van der Waals surface area contributed by atoms with E-state index >= 15 is 0 Å². The minimum absolute atomic E-state index is 0.243. The average molecular weight is 420 g/mol. The van der Waals surface area contributed by atoms with Gasteiger partial charge in [-0.05, 0) is 56.5 Å². The average Bonchev–Trinajstić information content (AvgIpc) is 2.78. The molecular weight excluding hydrogens is 390 g/mol. The predicted molar refractivity (Wildman–Crippen MR) is 123 cm³/mol. The van der Waals surface area contributed by atoms with Gasteiger partial charge in [0.15, 0.2) is 0 Å². The van der Waals surface area contributed by atoms with Crippen molar-refractivity contribution in [3.63, 3.8) is 0 Å². The van der Waals surface area contributed by atoms with Crippen LogP contribution in [0.3, 0.4) is 0 Å². The summed E-state index contributed by atoms with van der Waals surface area (Å²) < 4.78 is 17.0. The van der Waals surface area contributed by atoms with Crippen LogP contribution in [0.15, 0.2) is 72.8 Å². The highest BCUT2D eigenvalue weighted by Crippen LogP contribution is 2.27. The van der Waals surface area contributed by atoms with E-state index in [0.29, 0.717) is 42.6 Å². The van der Waals surface area contributed by atoms with Gasteiger partial charge in [0.2, 0.25) is 0 Å². The number of ether oxygens (including phenoxy) is 3. The fraction of sp³-hybridized carbons (Fsp3) is 0.269. The zero-order chi connectivity index (χ0) is 21.9. The van der Waals surface area contributed by atoms with Crippen molar-refractivity contribution in [3.05, 3.63) is 83.9 Å². The standard InChI is InChI=1S/C26H29NO4/c1-3-29-23-15-16-24(25(19-23)30-4-2)26(28)27-21-13-8-14-22(18-21)31-17-9-12-20-10-6-5-7-11-20/h5-8,10-11,13-16,18-19H,3-4,9,12,17H2,1-2H3,(H,27,28). The first kappa shape index (κ1) is 22.2. The zero-order valence-corrected chi connectivity index (χ0v) is 18.1. The van der Waals surface area contributed by atoms with Crippen LogP contribution in [0.2, 0.25) is 0 Å². The summed E-state index contributed by atoms with van der Waals surface area (Å²) in [4.78, 5) is 12.8. The molecule has 0 bridgehead atoms. The second kappa shape index (κ2) is 11.6. The fourth-order valence-electron chi connectivity index (χ4n) is 3.19. The van der Waals surface area contributed by atoms with Crippen LogP contribution in [0.1, 0.15) is 36.2 Å². The Balaban J connectivity index is 1.59. The van der Waals surface area contributed by atoms with E-state index in [0.717, 1.165) is 18.6 Å². The number of carbonyl (C=O) groups excluding carboxylic acids is 1. The van der Waals surface area contributed by atoms with Crippen LogP contribution in [-0.4, -0.2) is 25.7 Å². The number of hydrogen-bond donors (Lipinski definition) is 1. The third-order valence-corrected chi connectivity index (χ3v) is 4.62. The van der Waals surface area contributed by atoms with Crippen molar-refractivity contribution in [3.8, 4) is 17.2 Å². The molecule has 0 unspecified atom stereocenters. The van der Waals surface area contributed by atoms with Gasteiger partial charge in [-0.2, -0.15) is 0 Å². The number of rotatable bonds is 11. The number of carbonyl (C=O) groups is 1. The van der Waals surface area contributed by atoms with Gasteiger partial charge in [0.05, 0.1) is 25.4 Å². The summed E-state index contributed by atoms with van der Waals surface area (Å²) >= 11 is 0. The quantitative estimate of drug-likeness (QED) is 0.402. The Labute approximate surface area is 184 Å². The Morgan fingerprint density at radius 1 is 0.806 bits per heavy atom. The van der Waals surface area contributed by atoms with Crippen LogP contribution in [0.5, 0.6) is 17.2 Å². The molecule has 1 N–H and O–H groups in total. The van der Waals surface area contributed by atoms with E-state index in [4.69, 9.17) is 14.2 Å². The normalized spacial score (nSPS) is 10.4. The minimum Gasteiger partial charge on any atom is -0.494 e. The first-order valence-electron chi connectivity index (χ1n) is 10.7. The Bertz CT molecular complexity index is 972. The van der Waals surface area contributed by atoms with Gasteiger partial charge in [0, 0.05) is 17.8 Å². The van der Waals surface area contributed by atoms with Crippen molar-refractivity contribution in [2.75, 3.05) is 25.1 Å². The third kappa shape index (κ3) is 6.78. The minimum atomic E-state index is -0.243. The number of benzene rings is 3. The molecule has 0 saturated heterocycles. The van der Waals surface area contributed by atoms with Gasteiger partial charge in [-0.1, -0.05) is 36.4 Å². The van der Waals surface area contributed by atoms with Gasteiger partial charge in [0.25, 0.3) is 5.91 Å². The third-order valence-electron chi connectivity index (χ3n) is 4.62. The molecule has 0 saturated carbocycles. The number of nitrogens with one attached hydrogen (secondary N) is 1. The lowest BCUT2D eigenvalue weighted by Gasteiger charge is -2.13. The molecule has 3 rings (SSSR count). The van der Waals surface area contributed by atoms with E-state index in [1.165, 1.54) is 5.56 Å². The highest BCUT2D eigenvalue weighted by atomic mass is 16.5. The molecule has 0 fully saturated rings. The maximum atomic E-state index is 12.8. The Morgan fingerprint density at radius 2 is 1.58 bits per heavy atom. The van der Waals surface area contributed by atoms with Crippen molar-refractivity contribution in [1.29, 1.82) is 0 Å². The lowest BCUT2D eigenvalue weighted by atomic mass is 10.1. The summed E-state index contributed by atoms with van der Waals surface area (Å²) in [6.07, 6.45) is 1.89. The van der Waals surface area contributed by atoms with E-state index < -0.39 is 0 Å². The highest BCUT2D eigenvalue weighted by Gasteiger charge is 2.14. The second-order valence-corrected chi connectivity index (χ2v) is 6.94. The molecule has 5 heteroatoms. The molecule has 3 aromatic carbocycles. The van der Waals surface area contributed by atoms with Crippen molar-refractivity contribution < 1.29 is 19.0 Å². The Kier molecular flexibility index (Phi) is 8.35. The number of aryl methyl sites for hydroxylation is 1. The van der Waals surface area contributed by atoms with Crippen LogP contribution in [0, 0.1) is 0 Å². The van der Waals surface area contributed by atoms with E-state index in [9.17, 15) is 4.79 Å². The molecule has 0 aromatic heterocycles. The molecule has 0 heterocycles. The lowest BCUT2D eigenvalue weighted by molar-refractivity contribution is 0.102. The summed E-state index contributed by atoms with van der Waals surface area (Å²) in [5.41, 5.74) is 2.42. The molecular formula is C26H29NO4. The van der Waals surface area contributed by atoms with Gasteiger partial charge >= 0.3 is 0 Å². The smallest absolute Gasteiger partial charge is 0.259 e. The fourth-order valence-corrected chi connectivity index (χ4v) is 3.19. The first-order valence-corrected chi connectivity index (χ1v) is 10.7. The molecule has 0 spiro atoms. The number of hydrogen-bond acceptors (Lipinski definition) is 4. The van der Waals surface area contributed by atoms with Crippen molar-refractivity contribution in [1.82, 2.24) is 0 Å². The van der Waals surface area contributed by atoms with E-state index in [1.54, 1.807) is 18.2 Å². The Hall–Kier alpha value is -3.47. The van der Waals surface area contributed by atoms with Crippen molar-refractivity contribution in [2.45, 2.75) is 26.7 Å². The molecule has 5 nitrogen and oxygen atoms in total. The molecule has 0 aliphatic heterocycles. The van der Waals surface area contributed by atoms with E-state index in [-0.39, 0.29) is 5.91 Å². The van der Waals surface area contributed by atoms with E-state index in [1.807, 2.05) is 56.3 Å². The van der Waals surface area contributed by atoms with Crippen LogP contribution < -0.4 is 19.5 Å². The molecule has 3 aromatic rings. The SMILES string of the molecule is CCOc1ccc(C(=O)Nc2cccc(OCCCc3ccccc3)c2)c(OCC)c1. The molecule has 0 aliphatic rings. The van der Waals surface area contributed by atoms with Gasteiger partial charge in [0.1, 0.15) is 17.2 Å².